The van der Waals surface area contributed by atoms with Gasteiger partial charge in [-0.25, -0.2) is 4.39 Å². The van der Waals surface area contributed by atoms with Gasteiger partial charge in [0.25, 0.3) is 0 Å². The maximum atomic E-state index is 13.2. The van der Waals surface area contributed by atoms with E-state index < -0.39 is 0 Å². The van der Waals surface area contributed by atoms with E-state index in [2.05, 4.69) is 12.3 Å². The van der Waals surface area contributed by atoms with Crippen molar-refractivity contribution in [1.82, 2.24) is 5.43 Å². The molecule has 2 aromatic rings. The van der Waals surface area contributed by atoms with Crippen LogP contribution in [-0.2, 0) is 4.74 Å². The van der Waals surface area contributed by atoms with E-state index in [1.54, 1.807) is 24.5 Å². The Morgan fingerprint density at radius 3 is 2.89 bits per heavy atom. The Morgan fingerprint density at radius 1 is 1.42 bits per heavy atom. The number of ether oxygens (including phenoxy) is 1. The molecule has 1 aromatic heterocycles. The number of thiophene rings is 1. The van der Waals surface area contributed by atoms with Crippen molar-refractivity contribution in [3.8, 4) is 0 Å². The number of halogens is 1. The molecule has 0 aliphatic carbocycles. The fourth-order valence-corrected chi connectivity index (χ4v) is 3.42. The summed E-state index contributed by atoms with van der Waals surface area (Å²) in [5.74, 6) is 5.81. The molecular weight excluding hydrogens is 263 g/mol. The monoisotopic (exact) mass is 282 g/mol. The first-order valence-corrected chi connectivity index (χ1v) is 7.11. The zero-order chi connectivity index (χ0) is 13.8. The predicted octanol–water partition coefficient (Wildman–Crippen LogP) is 3.22. The van der Waals surface area contributed by atoms with Crippen molar-refractivity contribution in [2.45, 2.75) is 19.4 Å². The molecule has 1 aromatic carbocycles. The summed E-state index contributed by atoms with van der Waals surface area (Å²) in [6, 6.07) is 6.93. The number of hydrogen-bond donors (Lipinski definition) is 2. The Bertz CT molecular complexity index is 543. The number of methoxy groups -OCH3 is 1. The van der Waals surface area contributed by atoms with Crippen LogP contribution < -0.4 is 11.3 Å². The molecule has 0 radical (unpaired) electrons. The van der Waals surface area contributed by atoms with Crippen LogP contribution in [0.4, 0.5) is 4.39 Å². The SMILES string of the molecule is COCCC(C)C(NN)c1cc2cc(F)ccc2s1. The summed E-state index contributed by atoms with van der Waals surface area (Å²) in [6.45, 7) is 2.84. The topological polar surface area (TPSA) is 47.3 Å². The lowest BCUT2D eigenvalue weighted by Crippen LogP contribution is -2.32. The number of hydrazine groups is 1. The molecular formula is C14H19FN2OS. The van der Waals surface area contributed by atoms with Crippen molar-refractivity contribution in [3.63, 3.8) is 0 Å². The summed E-state index contributed by atoms with van der Waals surface area (Å²) in [4.78, 5) is 1.13. The minimum Gasteiger partial charge on any atom is -0.385 e. The van der Waals surface area contributed by atoms with E-state index in [0.717, 1.165) is 21.4 Å². The highest BCUT2D eigenvalue weighted by Gasteiger charge is 2.20. The van der Waals surface area contributed by atoms with Crippen molar-refractivity contribution < 1.29 is 9.13 Å². The second-order valence-electron chi connectivity index (χ2n) is 4.73. The Kier molecular flexibility index (Phi) is 4.87. The zero-order valence-corrected chi connectivity index (χ0v) is 12.0. The van der Waals surface area contributed by atoms with Gasteiger partial charge in [0.1, 0.15) is 5.82 Å². The number of fused-ring (bicyclic) bond motifs is 1. The van der Waals surface area contributed by atoms with Crippen LogP contribution in [0.5, 0.6) is 0 Å². The van der Waals surface area contributed by atoms with Crippen molar-refractivity contribution in [2.24, 2.45) is 11.8 Å². The molecule has 0 saturated carbocycles. The summed E-state index contributed by atoms with van der Waals surface area (Å²) in [5.41, 5.74) is 2.86. The molecule has 0 amide bonds. The molecule has 0 fully saturated rings. The quantitative estimate of drug-likeness (QED) is 0.632. The maximum Gasteiger partial charge on any atom is 0.123 e. The van der Waals surface area contributed by atoms with E-state index in [9.17, 15) is 4.39 Å². The molecule has 0 aliphatic heterocycles. The van der Waals surface area contributed by atoms with Crippen LogP contribution in [-0.4, -0.2) is 13.7 Å². The van der Waals surface area contributed by atoms with Gasteiger partial charge >= 0.3 is 0 Å². The van der Waals surface area contributed by atoms with E-state index in [4.69, 9.17) is 10.6 Å². The standard InChI is InChI=1S/C14H19FN2OS/c1-9(5-6-18-2)14(17-16)13-8-10-7-11(15)3-4-12(10)19-13/h3-4,7-9,14,17H,5-6,16H2,1-2H3. The second-order valence-corrected chi connectivity index (χ2v) is 5.85. The molecule has 104 valence electrons. The zero-order valence-electron chi connectivity index (χ0n) is 11.2. The number of nitrogens with two attached hydrogens (primary N) is 1. The van der Waals surface area contributed by atoms with Crippen LogP contribution in [0.2, 0.25) is 0 Å². The van der Waals surface area contributed by atoms with Crippen LogP contribution in [0.3, 0.4) is 0 Å². The van der Waals surface area contributed by atoms with E-state index in [1.165, 1.54) is 6.07 Å². The van der Waals surface area contributed by atoms with E-state index in [0.29, 0.717) is 12.5 Å². The highest BCUT2D eigenvalue weighted by atomic mass is 32.1. The third-order valence-corrected chi connectivity index (χ3v) is 4.53. The minimum atomic E-state index is -0.207. The largest absolute Gasteiger partial charge is 0.385 e. The Balaban J connectivity index is 2.24. The van der Waals surface area contributed by atoms with Crippen LogP contribution >= 0.6 is 11.3 Å². The first-order chi connectivity index (χ1) is 9.15. The van der Waals surface area contributed by atoms with Gasteiger partial charge in [-0.15, -0.1) is 11.3 Å². The fourth-order valence-electron chi connectivity index (χ4n) is 2.19. The van der Waals surface area contributed by atoms with E-state index in [1.807, 2.05) is 12.1 Å². The third kappa shape index (κ3) is 3.30. The van der Waals surface area contributed by atoms with Crippen LogP contribution in [0.25, 0.3) is 10.1 Å². The minimum absolute atomic E-state index is 0.0654. The fraction of sp³-hybridized carbons (Fsp3) is 0.429. The smallest absolute Gasteiger partial charge is 0.123 e. The van der Waals surface area contributed by atoms with Gasteiger partial charge in [-0.3, -0.25) is 11.3 Å². The average Bonchev–Trinajstić information content (AvgIpc) is 2.79. The average molecular weight is 282 g/mol. The summed E-state index contributed by atoms with van der Waals surface area (Å²) in [5, 5.41) is 0.930. The Hall–Kier alpha value is -1.01. The molecule has 0 spiro atoms. The summed E-state index contributed by atoms with van der Waals surface area (Å²) >= 11 is 1.65. The lowest BCUT2D eigenvalue weighted by molar-refractivity contribution is 0.170. The van der Waals surface area contributed by atoms with Gasteiger partial charge in [-0.2, -0.15) is 0 Å². The molecule has 0 aliphatic rings. The van der Waals surface area contributed by atoms with Crippen molar-refractivity contribution in [1.29, 1.82) is 0 Å². The predicted molar refractivity (Wildman–Crippen MR) is 77.5 cm³/mol. The van der Waals surface area contributed by atoms with E-state index in [-0.39, 0.29) is 11.9 Å². The molecule has 19 heavy (non-hydrogen) atoms. The maximum absolute atomic E-state index is 13.2. The number of rotatable bonds is 6. The molecule has 5 heteroatoms. The van der Waals surface area contributed by atoms with Gasteiger partial charge < -0.3 is 4.74 Å². The van der Waals surface area contributed by atoms with Gasteiger partial charge in [0, 0.05) is 23.3 Å². The number of nitrogens with one attached hydrogen (secondary N) is 1. The lowest BCUT2D eigenvalue weighted by Gasteiger charge is -2.21. The van der Waals surface area contributed by atoms with Crippen LogP contribution in [0.15, 0.2) is 24.3 Å². The van der Waals surface area contributed by atoms with Crippen LogP contribution in [0, 0.1) is 11.7 Å². The molecule has 0 bridgehead atoms. The number of benzene rings is 1. The lowest BCUT2D eigenvalue weighted by atomic mass is 9.97. The Labute approximate surface area is 116 Å². The molecule has 2 rings (SSSR count). The molecule has 2 atom stereocenters. The first-order valence-electron chi connectivity index (χ1n) is 6.29. The Morgan fingerprint density at radius 2 is 2.21 bits per heavy atom. The molecule has 3 nitrogen and oxygen atoms in total. The molecule has 2 unspecified atom stereocenters. The summed E-state index contributed by atoms with van der Waals surface area (Å²) < 4.78 is 19.4. The van der Waals surface area contributed by atoms with Gasteiger partial charge in [0.2, 0.25) is 0 Å². The first kappa shape index (κ1) is 14.4. The van der Waals surface area contributed by atoms with E-state index >= 15 is 0 Å². The van der Waals surface area contributed by atoms with Gasteiger partial charge in [0.05, 0.1) is 6.04 Å². The number of hydrogen-bond acceptors (Lipinski definition) is 4. The molecule has 1 heterocycles. The van der Waals surface area contributed by atoms with Gasteiger partial charge in [0.15, 0.2) is 0 Å². The summed E-state index contributed by atoms with van der Waals surface area (Å²) in [6.07, 6.45) is 0.925. The van der Waals surface area contributed by atoms with Gasteiger partial charge in [-0.1, -0.05) is 6.92 Å². The van der Waals surface area contributed by atoms with Crippen molar-refractivity contribution in [2.75, 3.05) is 13.7 Å². The van der Waals surface area contributed by atoms with Crippen LogP contribution in [0.1, 0.15) is 24.3 Å². The van der Waals surface area contributed by atoms with Gasteiger partial charge in [-0.05, 0) is 42.0 Å². The molecule has 0 saturated heterocycles. The van der Waals surface area contributed by atoms with Crippen molar-refractivity contribution >= 4 is 21.4 Å². The summed E-state index contributed by atoms with van der Waals surface area (Å²) in [7, 11) is 1.69. The third-order valence-electron chi connectivity index (χ3n) is 3.33. The highest BCUT2D eigenvalue weighted by Crippen LogP contribution is 2.34. The molecule has 3 N–H and O–H groups in total. The highest BCUT2D eigenvalue weighted by molar-refractivity contribution is 7.19. The second kappa shape index (κ2) is 6.43. The van der Waals surface area contributed by atoms with Crippen molar-refractivity contribution in [3.05, 3.63) is 35.0 Å². The normalized spacial score (nSPS) is 14.7.